The van der Waals surface area contributed by atoms with Crippen molar-refractivity contribution < 1.29 is 24.2 Å². The fraction of sp³-hybridized carbons (Fsp3) is 0.0870. The van der Waals surface area contributed by atoms with Gasteiger partial charge in [-0.3, -0.25) is 14.4 Å². The molecule has 0 aliphatic carbocycles. The molecule has 0 heterocycles. The van der Waals surface area contributed by atoms with Crippen LogP contribution in [0.2, 0.25) is 0 Å². The Morgan fingerprint density at radius 3 is 2.43 bits per heavy atom. The number of rotatable bonds is 6. The van der Waals surface area contributed by atoms with Crippen molar-refractivity contribution in [1.82, 2.24) is 5.32 Å². The van der Waals surface area contributed by atoms with Gasteiger partial charge in [-0.25, -0.2) is 0 Å². The maximum absolute atomic E-state index is 12.5. The zero-order valence-corrected chi connectivity index (χ0v) is 16.2. The molecule has 7 nitrogen and oxygen atoms in total. The normalized spacial score (nSPS) is 10.2. The van der Waals surface area contributed by atoms with E-state index in [4.69, 9.17) is 4.74 Å². The molecule has 152 valence electrons. The lowest BCUT2D eigenvalue weighted by atomic mass is 10.1. The summed E-state index contributed by atoms with van der Waals surface area (Å²) in [5.74, 6) is -1.03. The van der Waals surface area contributed by atoms with Crippen molar-refractivity contribution >= 4 is 23.5 Å². The summed E-state index contributed by atoms with van der Waals surface area (Å²) in [5.41, 5.74) is 1.85. The second-order valence-electron chi connectivity index (χ2n) is 6.48. The number of ether oxygens (including phenoxy) is 1. The number of nitrogens with one attached hydrogen (secondary N) is 2. The van der Waals surface area contributed by atoms with Crippen LogP contribution < -0.4 is 15.4 Å². The van der Waals surface area contributed by atoms with Crippen LogP contribution in [-0.2, 0) is 11.3 Å². The van der Waals surface area contributed by atoms with Gasteiger partial charge in [0.1, 0.15) is 11.5 Å². The monoisotopic (exact) mass is 404 g/mol. The minimum atomic E-state index is -0.467. The molecule has 0 aliphatic rings. The highest BCUT2D eigenvalue weighted by Gasteiger charge is 2.11. The van der Waals surface area contributed by atoms with Gasteiger partial charge < -0.3 is 20.5 Å². The number of carbonyl (C=O) groups is 3. The highest BCUT2D eigenvalue weighted by atomic mass is 16.5. The third-order valence-corrected chi connectivity index (χ3v) is 4.14. The van der Waals surface area contributed by atoms with Crippen LogP contribution in [0.4, 0.5) is 5.69 Å². The molecule has 3 aromatic carbocycles. The Kier molecular flexibility index (Phi) is 6.44. The van der Waals surface area contributed by atoms with Crippen molar-refractivity contribution in [2.75, 3.05) is 5.32 Å². The largest absolute Gasteiger partial charge is 0.507 e. The number of amides is 2. The first-order valence-corrected chi connectivity index (χ1v) is 9.17. The van der Waals surface area contributed by atoms with Crippen LogP contribution in [0.3, 0.4) is 0 Å². The molecule has 7 heteroatoms. The molecule has 0 saturated carbocycles. The van der Waals surface area contributed by atoms with Crippen LogP contribution in [0.15, 0.2) is 72.8 Å². The Balaban J connectivity index is 1.64. The lowest BCUT2D eigenvalue weighted by Gasteiger charge is -2.10. The van der Waals surface area contributed by atoms with E-state index in [1.165, 1.54) is 25.1 Å². The molecule has 0 spiro atoms. The van der Waals surface area contributed by atoms with Gasteiger partial charge in [0.2, 0.25) is 0 Å². The first kappa shape index (κ1) is 20.6. The van der Waals surface area contributed by atoms with E-state index >= 15 is 0 Å². The van der Waals surface area contributed by atoms with Gasteiger partial charge in [-0.15, -0.1) is 0 Å². The summed E-state index contributed by atoms with van der Waals surface area (Å²) in [6, 6.07) is 19.6. The molecule has 30 heavy (non-hydrogen) atoms. The molecule has 0 aromatic heterocycles. The van der Waals surface area contributed by atoms with Crippen molar-refractivity contribution in [3.05, 3.63) is 89.5 Å². The van der Waals surface area contributed by atoms with Crippen molar-refractivity contribution in [3.63, 3.8) is 0 Å². The number of anilines is 1. The van der Waals surface area contributed by atoms with Gasteiger partial charge in [-0.1, -0.05) is 30.3 Å². The van der Waals surface area contributed by atoms with Gasteiger partial charge in [0.05, 0.1) is 5.56 Å². The van der Waals surface area contributed by atoms with Crippen LogP contribution >= 0.6 is 0 Å². The quantitative estimate of drug-likeness (QED) is 0.431. The molecule has 0 bridgehead atoms. The zero-order valence-electron chi connectivity index (χ0n) is 16.2. The van der Waals surface area contributed by atoms with Crippen molar-refractivity contribution in [2.24, 2.45) is 0 Å². The third kappa shape index (κ3) is 5.45. The van der Waals surface area contributed by atoms with Gasteiger partial charge in [-0.2, -0.15) is 0 Å². The molecule has 0 saturated heterocycles. The van der Waals surface area contributed by atoms with E-state index in [1.54, 1.807) is 48.5 Å². The average Bonchev–Trinajstić information content (AvgIpc) is 2.72. The number of hydrogen-bond donors (Lipinski definition) is 3. The Morgan fingerprint density at radius 2 is 1.67 bits per heavy atom. The van der Waals surface area contributed by atoms with Crippen LogP contribution in [0, 0.1) is 0 Å². The highest BCUT2D eigenvalue weighted by molar-refractivity contribution is 6.04. The molecule has 0 radical (unpaired) electrons. The third-order valence-electron chi connectivity index (χ3n) is 4.14. The summed E-state index contributed by atoms with van der Waals surface area (Å²) in [6.07, 6.45) is 0. The van der Waals surface area contributed by atoms with Crippen LogP contribution in [0.1, 0.15) is 33.2 Å². The van der Waals surface area contributed by atoms with Gasteiger partial charge in [-0.05, 0) is 48.0 Å². The van der Waals surface area contributed by atoms with Gasteiger partial charge in [0, 0.05) is 24.7 Å². The maximum atomic E-state index is 12.5. The second kappa shape index (κ2) is 9.38. The summed E-state index contributed by atoms with van der Waals surface area (Å²) < 4.78 is 5.00. The van der Waals surface area contributed by atoms with Crippen molar-refractivity contribution in [2.45, 2.75) is 13.5 Å². The number of esters is 1. The second-order valence-corrected chi connectivity index (χ2v) is 6.48. The fourth-order valence-electron chi connectivity index (χ4n) is 2.77. The summed E-state index contributed by atoms with van der Waals surface area (Å²) >= 11 is 0. The molecule has 3 N–H and O–H groups in total. The van der Waals surface area contributed by atoms with E-state index in [9.17, 15) is 19.5 Å². The number of phenols is 1. The number of aromatic hydroxyl groups is 1. The molecular formula is C23H20N2O5. The smallest absolute Gasteiger partial charge is 0.308 e. The topological polar surface area (TPSA) is 105 Å². The molecular weight excluding hydrogens is 384 g/mol. The SMILES string of the molecule is CC(=O)Oc1cccc(C(=O)Nc2cccc(CNC(=O)c3ccccc3O)c2)c1. The summed E-state index contributed by atoms with van der Waals surface area (Å²) in [4.78, 5) is 35.8. The molecule has 0 fully saturated rings. The number of carbonyl (C=O) groups excluding carboxylic acids is 3. The molecule has 0 unspecified atom stereocenters. The van der Waals surface area contributed by atoms with Crippen LogP contribution in [0.25, 0.3) is 0 Å². The Morgan fingerprint density at radius 1 is 0.900 bits per heavy atom. The molecule has 2 amide bonds. The number of benzene rings is 3. The number of phenolic OH excluding ortho intramolecular Hbond substituents is 1. The standard InChI is InChI=1S/C23H20N2O5/c1-15(26)30-19-9-5-7-17(13-19)22(28)25-18-8-4-6-16(12-18)14-24-23(29)20-10-2-3-11-21(20)27/h2-13,27H,14H2,1H3,(H,24,29)(H,25,28). The first-order chi connectivity index (χ1) is 14.4. The summed E-state index contributed by atoms with van der Waals surface area (Å²) in [6.45, 7) is 1.51. The number of hydrogen-bond acceptors (Lipinski definition) is 5. The Hall–Kier alpha value is -4.13. The van der Waals surface area contributed by atoms with Gasteiger partial charge in [0.25, 0.3) is 11.8 Å². The predicted molar refractivity (Wildman–Crippen MR) is 111 cm³/mol. The van der Waals surface area contributed by atoms with Gasteiger partial charge in [0.15, 0.2) is 0 Å². The van der Waals surface area contributed by atoms with Crippen molar-refractivity contribution in [1.29, 1.82) is 0 Å². The molecule has 3 rings (SSSR count). The molecule has 0 aliphatic heterocycles. The Bertz CT molecular complexity index is 1090. The highest BCUT2D eigenvalue weighted by Crippen LogP contribution is 2.18. The van der Waals surface area contributed by atoms with Crippen LogP contribution in [-0.4, -0.2) is 22.9 Å². The summed E-state index contributed by atoms with van der Waals surface area (Å²) in [5, 5.41) is 15.3. The Labute approximate surface area is 173 Å². The average molecular weight is 404 g/mol. The minimum absolute atomic E-state index is 0.0907. The van der Waals surface area contributed by atoms with Gasteiger partial charge >= 0.3 is 5.97 Å². The lowest BCUT2D eigenvalue weighted by Crippen LogP contribution is -2.23. The first-order valence-electron chi connectivity index (χ1n) is 9.17. The predicted octanol–water partition coefficient (Wildman–Crippen LogP) is 3.50. The lowest BCUT2D eigenvalue weighted by molar-refractivity contribution is -0.131. The van der Waals surface area contributed by atoms with Crippen LogP contribution in [0.5, 0.6) is 11.5 Å². The van der Waals surface area contributed by atoms with E-state index < -0.39 is 11.9 Å². The van der Waals surface area contributed by atoms with E-state index in [2.05, 4.69) is 10.6 Å². The van der Waals surface area contributed by atoms with E-state index in [0.29, 0.717) is 11.3 Å². The number of para-hydroxylation sites is 1. The minimum Gasteiger partial charge on any atom is -0.507 e. The maximum Gasteiger partial charge on any atom is 0.308 e. The summed E-state index contributed by atoms with van der Waals surface area (Å²) in [7, 11) is 0. The zero-order chi connectivity index (χ0) is 21.5. The van der Waals surface area contributed by atoms with E-state index in [-0.39, 0.29) is 29.5 Å². The van der Waals surface area contributed by atoms with E-state index in [1.807, 2.05) is 6.07 Å². The molecule has 0 atom stereocenters. The van der Waals surface area contributed by atoms with Crippen molar-refractivity contribution in [3.8, 4) is 11.5 Å². The fourth-order valence-corrected chi connectivity index (χ4v) is 2.77. The molecule has 3 aromatic rings. The van der Waals surface area contributed by atoms with E-state index in [0.717, 1.165) is 5.56 Å².